The van der Waals surface area contributed by atoms with Gasteiger partial charge in [-0.15, -0.1) is 11.3 Å². The quantitative estimate of drug-likeness (QED) is 0.854. The zero-order valence-electron chi connectivity index (χ0n) is 12.5. The number of ether oxygens (including phenoxy) is 1. The van der Waals surface area contributed by atoms with E-state index >= 15 is 0 Å². The molecule has 0 saturated heterocycles. The number of hydrogen-bond acceptors (Lipinski definition) is 4. The highest BCUT2D eigenvalue weighted by molar-refractivity contribution is 7.12. The molecule has 0 spiro atoms. The summed E-state index contributed by atoms with van der Waals surface area (Å²) in [6.45, 7) is 5.26. The van der Waals surface area contributed by atoms with Crippen LogP contribution in [0.1, 0.15) is 26.4 Å². The molecule has 0 radical (unpaired) electrons. The molecule has 0 aliphatic rings. The number of carbonyl (C=O) groups excluding carboxylic acids is 2. The fourth-order valence-electron chi connectivity index (χ4n) is 2.03. The number of halogens is 1. The van der Waals surface area contributed by atoms with Crippen LogP contribution in [0.25, 0.3) is 0 Å². The molecule has 22 heavy (non-hydrogen) atoms. The SMILES string of the molecule is Cc1cc(C)c(NC(=O)COC(=O)c2sccc2C)c(Cl)c1. The molecule has 2 aromatic rings. The van der Waals surface area contributed by atoms with Gasteiger partial charge in [0, 0.05) is 0 Å². The number of carbonyl (C=O) groups is 2. The second kappa shape index (κ2) is 6.94. The number of amides is 1. The van der Waals surface area contributed by atoms with Gasteiger partial charge in [0.2, 0.25) is 0 Å². The maximum absolute atomic E-state index is 11.9. The molecule has 0 aliphatic carbocycles. The van der Waals surface area contributed by atoms with E-state index in [4.69, 9.17) is 16.3 Å². The highest BCUT2D eigenvalue weighted by Gasteiger charge is 2.15. The molecule has 1 aromatic heterocycles. The van der Waals surface area contributed by atoms with Crippen molar-refractivity contribution in [2.24, 2.45) is 0 Å². The number of benzene rings is 1. The maximum Gasteiger partial charge on any atom is 0.349 e. The Balaban J connectivity index is 1.97. The molecule has 1 amide bonds. The number of rotatable bonds is 4. The third kappa shape index (κ3) is 3.87. The van der Waals surface area contributed by atoms with Gasteiger partial charge in [-0.25, -0.2) is 4.79 Å². The molecule has 1 aromatic carbocycles. The molecule has 0 fully saturated rings. The molecule has 116 valence electrons. The van der Waals surface area contributed by atoms with Gasteiger partial charge in [0.15, 0.2) is 6.61 Å². The Kier molecular flexibility index (Phi) is 5.21. The van der Waals surface area contributed by atoms with Crippen LogP contribution in [0.3, 0.4) is 0 Å². The van der Waals surface area contributed by atoms with Crippen molar-refractivity contribution in [1.82, 2.24) is 0 Å². The van der Waals surface area contributed by atoms with Crippen LogP contribution in [0.5, 0.6) is 0 Å². The van der Waals surface area contributed by atoms with Gasteiger partial charge in [-0.2, -0.15) is 0 Å². The fourth-order valence-corrected chi connectivity index (χ4v) is 3.21. The fraction of sp³-hybridized carbons (Fsp3) is 0.250. The first-order chi connectivity index (χ1) is 10.4. The van der Waals surface area contributed by atoms with Gasteiger partial charge in [0.05, 0.1) is 10.7 Å². The summed E-state index contributed by atoms with van der Waals surface area (Å²) in [7, 11) is 0. The first-order valence-electron chi connectivity index (χ1n) is 6.66. The Bertz CT molecular complexity index is 701. The van der Waals surface area contributed by atoms with Crippen molar-refractivity contribution in [2.75, 3.05) is 11.9 Å². The highest BCUT2D eigenvalue weighted by Crippen LogP contribution is 2.27. The Morgan fingerprint density at radius 2 is 1.95 bits per heavy atom. The molecule has 2 rings (SSSR count). The van der Waals surface area contributed by atoms with E-state index in [-0.39, 0.29) is 6.61 Å². The number of hydrogen-bond donors (Lipinski definition) is 1. The minimum Gasteiger partial charge on any atom is -0.451 e. The lowest BCUT2D eigenvalue weighted by molar-refractivity contribution is -0.119. The van der Waals surface area contributed by atoms with Gasteiger partial charge in [-0.1, -0.05) is 17.7 Å². The normalized spacial score (nSPS) is 10.4. The van der Waals surface area contributed by atoms with E-state index in [1.807, 2.05) is 32.9 Å². The van der Waals surface area contributed by atoms with E-state index in [0.29, 0.717) is 15.6 Å². The summed E-state index contributed by atoms with van der Waals surface area (Å²) >= 11 is 7.42. The summed E-state index contributed by atoms with van der Waals surface area (Å²) in [5.74, 6) is -0.911. The van der Waals surface area contributed by atoms with Crippen molar-refractivity contribution in [1.29, 1.82) is 0 Å². The predicted octanol–water partition coefficient (Wildman–Crippen LogP) is 4.12. The lowest BCUT2D eigenvalue weighted by Crippen LogP contribution is -2.21. The Morgan fingerprint density at radius 3 is 2.55 bits per heavy atom. The summed E-state index contributed by atoms with van der Waals surface area (Å²) < 4.78 is 5.02. The van der Waals surface area contributed by atoms with Crippen molar-refractivity contribution in [3.8, 4) is 0 Å². The standard InChI is InChI=1S/C16H16ClNO3S/c1-9-6-11(3)14(12(17)7-9)18-13(19)8-21-16(20)15-10(2)4-5-22-15/h4-7H,8H2,1-3H3,(H,18,19). The number of nitrogens with one attached hydrogen (secondary N) is 1. The predicted molar refractivity (Wildman–Crippen MR) is 88.9 cm³/mol. The molecular formula is C16H16ClNO3S. The molecular weight excluding hydrogens is 322 g/mol. The summed E-state index contributed by atoms with van der Waals surface area (Å²) in [5.41, 5.74) is 3.26. The molecule has 0 unspecified atom stereocenters. The number of thiophene rings is 1. The topological polar surface area (TPSA) is 55.4 Å². The summed E-state index contributed by atoms with van der Waals surface area (Å²) in [4.78, 5) is 24.3. The molecule has 6 heteroatoms. The van der Waals surface area contributed by atoms with E-state index in [1.54, 1.807) is 11.4 Å². The van der Waals surface area contributed by atoms with E-state index < -0.39 is 11.9 Å². The monoisotopic (exact) mass is 337 g/mol. The van der Waals surface area contributed by atoms with Crippen molar-refractivity contribution < 1.29 is 14.3 Å². The van der Waals surface area contributed by atoms with Crippen LogP contribution in [-0.2, 0) is 9.53 Å². The molecule has 1 heterocycles. The van der Waals surface area contributed by atoms with Gasteiger partial charge in [0.1, 0.15) is 4.88 Å². The van der Waals surface area contributed by atoms with Crippen LogP contribution < -0.4 is 5.32 Å². The highest BCUT2D eigenvalue weighted by atomic mass is 35.5. The van der Waals surface area contributed by atoms with Gasteiger partial charge in [-0.3, -0.25) is 4.79 Å². The Labute approximate surface area is 138 Å². The molecule has 0 atom stereocenters. The Morgan fingerprint density at radius 1 is 1.23 bits per heavy atom. The van der Waals surface area contributed by atoms with Gasteiger partial charge >= 0.3 is 5.97 Å². The average molecular weight is 338 g/mol. The zero-order valence-corrected chi connectivity index (χ0v) is 14.1. The second-order valence-electron chi connectivity index (χ2n) is 5.00. The van der Waals surface area contributed by atoms with Crippen LogP contribution in [-0.4, -0.2) is 18.5 Å². The smallest absolute Gasteiger partial charge is 0.349 e. The third-order valence-electron chi connectivity index (χ3n) is 3.08. The number of anilines is 1. The summed E-state index contributed by atoms with van der Waals surface area (Å²) in [6.07, 6.45) is 0. The summed E-state index contributed by atoms with van der Waals surface area (Å²) in [5, 5.41) is 4.95. The van der Waals surface area contributed by atoms with Crippen LogP contribution in [0.4, 0.5) is 5.69 Å². The molecule has 4 nitrogen and oxygen atoms in total. The molecule has 0 bridgehead atoms. The first-order valence-corrected chi connectivity index (χ1v) is 7.92. The Hall–Kier alpha value is -1.85. The third-order valence-corrected chi connectivity index (χ3v) is 4.37. The van der Waals surface area contributed by atoms with Crippen LogP contribution in [0, 0.1) is 20.8 Å². The average Bonchev–Trinajstić information content (AvgIpc) is 2.86. The lowest BCUT2D eigenvalue weighted by atomic mass is 10.1. The summed E-state index contributed by atoms with van der Waals surface area (Å²) in [6, 6.07) is 5.52. The largest absolute Gasteiger partial charge is 0.451 e. The van der Waals surface area contributed by atoms with Crippen molar-refractivity contribution in [2.45, 2.75) is 20.8 Å². The van der Waals surface area contributed by atoms with Crippen LogP contribution >= 0.6 is 22.9 Å². The van der Waals surface area contributed by atoms with Crippen molar-refractivity contribution in [3.63, 3.8) is 0 Å². The first kappa shape index (κ1) is 16.5. The van der Waals surface area contributed by atoms with Crippen molar-refractivity contribution >= 4 is 40.5 Å². The van der Waals surface area contributed by atoms with E-state index in [2.05, 4.69) is 5.32 Å². The van der Waals surface area contributed by atoms with Gasteiger partial charge < -0.3 is 10.1 Å². The molecule has 0 saturated carbocycles. The number of esters is 1. The van der Waals surface area contributed by atoms with Crippen LogP contribution in [0.2, 0.25) is 5.02 Å². The number of aryl methyl sites for hydroxylation is 3. The maximum atomic E-state index is 11.9. The minimum atomic E-state index is -0.491. The zero-order chi connectivity index (χ0) is 16.3. The minimum absolute atomic E-state index is 0.347. The van der Waals surface area contributed by atoms with E-state index in [9.17, 15) is 9.59 Å². The second-order valence-corrected chi connectivity index (χ2v) is 6.32. The molecule has 1 N–H and O–H groups in total. The van der Waals surface area contributed by atoms with E-state index in [1.165, 1.54) is 11.3 Å². The molecule has 0 aliphatic heterocycles. The lowest BCUT2D eigenvalue weighted by Gasteiger charge is -2.11. The van der Waals surface area contributed by atoms with Crippen molar-refractivity contribution in [3.05, 3.63) is 50.2 Å². The van der Waals surface area contributed by atoms with Gasteiger partial charge in [-0.05, 0) is 55.0 Å². The van der Waals surface area contributed by atoms with Crippen LogP contribution in [0.15, 0.2) is 23.6 Å². The van der Waals surface area contributed by atoms with Gasteiger partial charge in [0.25, 0.3) is 5.91 Å². The van der Waals surface area contributed by atoms with E-state index in [0.717, 1.165) is 16.7 Å².